The second-order valence-electron chi connectivity index (χ2n) is 1.80. The highest BCUT2D eigenvalue weighted by Gasteiger charge is 2.17. The van der Waals surface area contributed by atoms with Gasteiger partial charge in [0.25, 0.3) is 0 Å². The molecule has 5 heteroatoms. The summed E-state index contributed by atoms with van der Waals surface area (Å²) in [6.45, 7) is 3.03. The fraction of sp³-hybridized carbons (Fsp3) is 1.00. The first-order chi connectivity index (χ1) is 4.24. The molecule has 0 aliphatic carbocycles. The number of rotatable bonds is 4. The van der Waals surface area contributed by atoms with Gasteiger partial charge in [-0.2, -0.15) is 0 Å². The lowest BCUT2D eigenvalue weighted by Gasteiger charge is -2.31. The fourth-order valence-electron chi connectivity index (χ4n) is 0.810. The van der Waals surface area contributed by atoms with Crippen molar-refractivity contribution in [2.75, 3.05) is 27.7 Å². The Balaban J connectivity index is 0. The van der Waals surface area contributed by atoms with E-state index in [1.165, 1.54) is 0 Å². The molecule has 0 heterocycles. The summed E-state index contributed by atoms with van der Waals surface area (Å²) in [6.07, 6.45) is 0. The molecule has 0 saturated carbocycles. The Hall–Kier alpha value is 0.130. The molecule has 0 bridgehead atoms. The molecule has 0 aromatic carbocycles. The van der Waals surface area contributed by atoms with Gasteiger partial charge in [0, 0.05) is 21.1 Å². The Labute approximate surface area is 68.9 Å². The lowest BCUT2D eigenvalue weighted by molar-refractivity contribution is -1.04. The van der Waals surface area contributed by atoms with Crippen molar-refractivity contribution in [1.82, 2.24) is 16.3 Å². The largest absolute Gasteiger partial charge is 1.00 e. The van der Waals surface area contributed by atoms with Crippen molar-refractivity contribution in [3.8, 4) is 0 Å². The third-order valence-corrected chi connectivity index (χ3v) is 1.62. The van der Waals surface area contributed by atoms with Crippen LogP contribution in [-0.4, -0.2) is 32.5 Å². The van der Waals surface area contributed by atoms with Crippen molar-refractivity contribution in [1.29, 1.82) is 0 Å². The van der Waals surface area contributed by atoms with Crippen molar-refractivity contribution in [2.24, 2.45) is 0 Å². The topological polar surface area (TPSA) is 36.1 Å². The Morgan fingerprint density at radius 3 is 1.30 bits per heavy atom. The lowest BCUT2D eigenvalue weighted by Crippen LogP contribution is -3.00. The second-order valence-corrected chi connectivity index (χ2v) is 1.80. The van der Waals surface area contributed by atoms with Gasteiger partial charge in [-0.1, -0.05) is 4.81 Å². The zero-order valence-corrected chi connectivity index (χ0v) is 7.79. The molecule has 3 N–H and O–H groups in total. The van der Waals surface area contributed by atoms with Crippen LogP contribution in [0.3, 0.4) is 0 Å². The van der Waals surface area contributed by atoms with Crippen LogP contribution in [0.4, 0.5) is 0 Å². The highest BCUT2D eigenvalue weighted by Crippen LogP contribution is 1.83. The molecule has 0 saturated heterocycles. The predicted molar refractivity (Wildman–Crippen MR) is 38.0 cm³/mol. The minimum absolute atomic E-state index is 0. The molecule has 0 fully saturated rings. The fourth-order valence-corrected chi connectivity index (χ4v) is 0.810. The van der Waals surface area contributed by atoms with E-state index in [4.69, 9.17) is 0 Å². The molecule has 0 spiro atoms. The first-order valence-corrected chi connectivity index (χ1v) is 3.19. The van der Waals surface area contributed by atoms with Crippen LogP contribution < -0.4 is 28.7 Å². The highest BCUT2D eigenvalue weighted by molar-refractivity contribution is 4.12. The molecule has 10 heavy (non-hydrogen) atoms. The zero-order valence-electron chi connectivity index (χ0n) is 7.03. The summed E-state index contributed by atoms with van der Waals surface area (Å²) in [7, 11) is 5.70. The van der Waals surface area contributed by atoms with Crippen LogP contribution >= 0.6 is 0 Å². The number of quaternary nitrogens is 1. The Morgan fingerprint density at radius 1 is 1.00 bits per heavy atom. The van der Waals surface area contributed by atoms with Crippen molar-refractivity contribution in [3.63, 3.8) is 0 Å². The summed E-state index contributed by atoms with van der Waals surface area (Å²) in [5.41, 5.74) is 9.24. The molecule has 0 radical (unpaired) electrons. The number of hydrogen-bond acceptors (Lipinski definition) is 3. The third-order valence-electron chi connectivity index (χ3n) is 1.62. The first kappa shape index (κ1) is 12.8. The van der Waals surface area contributed by atoms with E-state index in [1.54, 1.807) is 0 Å². The minimum atomic E-state index is 0. The van der Waals surface area contributed by atoms with Gasteiger partial charge in [-0.3, -0.25) is 0 Å². The summed E-state index contributed by atoms with van der Waals surface area (Å²) in [5.74, 6) is 0. The Morgan fingerprint density at radius 2 is 1.30 bits per heavy atom. The van der Waals surface area contributed by atoms with E-state index in [9.17, 15) is 0 Å². The van der Waals surface area contributed by atoms with Gasteiger partial charge in [0.1, 0.15) is 6.54 Å². The van der Waals surface area contributed by atoms with Crippen LogP contribution in [0.5, 0.6) is 0 Å². The van der Waals surface area contributed by atoms with Gasteiger partial charge >= 0.3 is 0 Å². The lowest BCUT2D eigenvalue weighted by atomic mass is 10.7. The number of hydrogen-bond donors (Lipinski definition) is 3. The molecule has 0 unspecified atom stereocenters. The number of nitrogens with one attached hydrogen (secondary N) is 3. The van der Waals surface area contributed by atoms with E-state index >= 15 is 0 Å². The Bertz CT molecular complexity index is 56.5. The Kier molecular flexibility index (Phi) is 7.51. The van der Waals surface area contributed by atoms with Gasteiger partial charge < -0.3 is 12.4 Å². The minimum Gasteiger partial charge on any atom is -1.00 e. The van der Waals surface area contributed by atoms with Gasteiger partial charge in [-0.25, -0.2) is 0 Å². The van der Waals surface area contributed by atoms with E-state index in [-0.39, 0.29) is 12.4 Å². The summed E-state index contributed by atoms with van der Waals surface area (Å²) in [5, 5.41) is 0. The van der Waals surface area contributed by atoms with E-state index in [0.29, 0.717) is 4.81 Å². The number of nitrogens with zero attached hydrogens (tertiary/aromatic N) is 1. The zero-order chi connectivity index (χ0) is 7.33. The maximum absolute atomic E-state index is 3.08. The summed E-state index contributed by atoms with van der Waals surface area (Å²) < 4.78 is 0. The summed E-state index contributed by atoms with van der Waals surface area (Å²) >= 11 is 0. The van der Waals surface area contributed by atoms with Crippen LogP contribution in [0.1, 0.15) is 6.92 Å². The molecule has 4 nitrogen and oxygen atoms in total. The SMILES string of the molecule is CC[N+](NC)(NC)NC.[Cl-]. The highest BCUT2D eigenvalue weighted by atomic mass is 35.5. The van der Waals surface area contributed by atoms with Crippen molar-refractivity contribution < 1.29 is 17.2 Å². The monoisotopic (exact) mass is 168 g/mol. The standard InChI is InChI=1S/C5H17N4.ClH/c1-5-9(6-2,7-3)8-4;/h6-8H,5H2,1-4H3;1H/q+1;/p-1. The summed E-state index contributed by atoms with van der Waals surface area (Å²) in [6, 6.07) is 0. The van der Waals surface area contributed by atoms with Crippen molar-refractivity contribution in [2.45, 2.75) is 6.92 Å². The molecule has 0 atom stereocenters. The van der Waals surface area contributed by atoms with E-state index in [0.717, 1.165) is 6.54 Å². The molecule has 0 rings (SSSR count). The van der Waals surface area contributed by atoms with Crippen LogP contribution in [-0.2, 0) is 0 Å². The van der Waals surface area contributed by atoms with Crippen LogP contribution in [0.15, 0.2) is 0 Å². The average Bonchev–Trinajstić information content (AvgIpc) is 1.95. The quantitative estimate of drug-likeness (QED) is 0.298. The van der Waals surface area contributed by atoms with Gasteiger partial charge in [-0.05, 0) is 6.92 Å². The predicted octanol–water partition coefficient (Wildman–Crippen LogP) is -3.77. The molecule has 0 aliphatic rings. The van der Waals surface area contributed by atoms with Crippen LogP contribution in [0.2, 0.25) is 0 Å². The van der Waals surface area contributed by atoms with Crippen molar-refractivity contribution >= 4 is 0 Å². The average molecular weight is 169 g/mol. The smallest absolute Gasteiger partial charge is 0.132 e. The first-order valence-electron chi connectivity index (χ1n) is 3.19. The van der Waals surface area contributed by atoms with E-state index in [2.05, 4.69) is 23.2 Å². The molecule has 0 aromatic rings. The third kappa shape index (κ3) is 2.81. The van der Waals surface area contributed by atoms with Crippen molar-refractivity contribution in [3.05, 3.63) is 0 Å². The molecule has 0 aliphatic heterocycles. The van der Waals surface area contributed by atoms with E-state index < -0.39 is 0 Å². The number of halogens is 1. The molecule has 64 valence electrons. The molecular formula is C5H17ClN4. The summed E-state index contributed by atoms with van der Waals surface area (Å²) in [4.78, 5) is 0.528. The van der Waals surface area contributed by atoms with Gasteiger partial charge in [0.15, 0.2) is 0 Å². The van der Waals surface area contributed by atoms with Crippen LogP contribution in [0, 0.1) is 0 Å². The second kappa shape index (κ2) is 5.88. The maximum atomic E-state index is 3.08. The van der Waals surface area contributed by atoms with E-state index in [1.807, 2.05) is 21.1 Å². The maximum Gasteiger partial charge on any atom is 0.132 e. The van der Waals surface area contributed by atoms with Gasteiger partial charge in [0.2, 0.25) is 0 Å². The molecule has 0 aromatic heterocycles. The van der Waals surface area contributed by atoms with Gasteiger partial charge in [-0.15, -0.1) is 16.3 Å². The molecular weight excluding hydrogens is 152 g/mol. The normalized spacial score (nSPS) is 10.8. The molecule has 0 amide bonds. The van der Waals surface area contributed by atoms with Gasteiger partial charge in [0.05, 0.1) is 0 Å². The van der Waals surface area contributed by atoms with Crippen LogP contribution in [0.25, 0.3) is 0 Å².